The van der Waals surface area contributed by atoms with Gasteiger partial charge >= 0.3 is 5.97 Å². The fourth-order valence-corrected chi connectivity index (χ4v) is 3.95. The van der Waals surface area contributed by atoms with Gasteiger partial charge in [0, 0.05) is 29.6 Å². The van der Waals surface area contributed by atoms with E-state index in [0.717, 1.165) is 24.1 Å². The van der Waals surface area contributed by atoms with Crippen LogP contribution in [0.4, 0.5) is 5.69 Å². The van der Waals surface area contributed by atoms with E-state index in [9.17, 15) is 14.4 Å². The number of para-hydroxylation sites is 1. The Bertz CT molecular complexity index is 814. The van der Waals surface area contributed by atoms with Gasteiger partial charge in [0.05, 0.1) is 12.5 Å². The van der Waals surface area contributed by atoms with Crippen molar-refractivity contribution >= 4 is 23.5 Å². The Morgan fingerprint density at radius 1 is 1.26 bits per heavy atom. The number of fused-ring (bicyclic) bond motifs is 2. The highest BCUT2D eigenvalue weighted by Gasteiger charge is 2.48. The van der Waals surface area contributed by atoms with Crippen molar-refractivity contribution in [1.29, 1.82) is 0 Å². The minimum absolute atomic E-state index is 0.0327. The molecule has 6 heteroatoms. The predicted molar refractivity (Wildman–Crippen MR) is 102 cm³/mol. The van der Waals surface area contributed by atoms with Crippen molar-refractivity contribution in [2.75, 3.05) is 4.90 Å². The zero-order valence-electron chi connectivity index (χ0n) is 15.4. The molecule has 1 aliphatic carbocycles. The van der Waals surface area contributed by atoms with Crippen LogP contribution in [0.25, 0.3) is 0 Å². The standard InChI is InChI=1S/C21H24N2O4/c1-3-6-13(2)21(27)23-16-8-5-4-7-14(16)20(15-9-10-17(15)23)22-18(24)11-12-19(25)26/h3-8,15,17,20H,1,9-12H2,2H3,(H,22,24)(H,25,26)/b13-6+. The lowest BCUT2D eigenvalue weighted by atomic mass is 9.68. The Kier molecular flexibility index (Phi) is 5.44. The maximum atomic E-state index is 13.0. The molecule has 142 valence electrons. The van der Waals surface area contributed by atoms with Gasteiger partial charge in [0.1, 0.15) is 0 Å². The molecule has 1 aromatic carbocycles. The topological polar surface area (TPSA) is 86.7 Å². The highest BCUT2D eigenvalue weighted by molar-refractivity contribution is 6.07. The summed E-state index contributed by atoms with van der Waals surface area (Å²) in [5.74, 6) is -1.18. The molecular formula is C21H24N2O4. The molecule has 1 aromatic rings. The molecule has 2 aliphatic rings. The second-order valence-corrected chi connectivity index (χ2v) is 7.07. The third-order valence-electron chi connectivity index (χ3n) is 5.39. The molecule has 0 bridgehead atoms. The summed E-state index contributed by atoms with van der Waals surface area (Å²) in [7, 11) is 0. The third-order valence-corrected chi connectivity index (χ3v) is 5.39. The number of carboxylic acids is 1. The van der Waals surface area contributed by atoms with Crippen LogP contribution >= 0.6 is 0 Å². The van der Waals surface area contributed by atoms with Crippen molar-refractivity contribution in [3.63, 3.8) is 0 Å². The molecule has 1 aliphatic heterocycles. The molecule has 0 radical (unpaired) electrons. The van der Waals surface area contributed by atoms with Gasteiger partial charge in [-0.15, -0.1) is 0 Å². The third kappa shape index (κ3) is 3.65. The molecule has 3 rings (SSSR count). The summed E-state index contributed by atoms with van der Waals surface area (Å²) < 4.78 is 0. The van der Waals surface area contributed by atoms with Crippen molar-refractivity contribution < 1.29 is 19.5 Å². The highest BCUT2D eigenvalue weighted by atomic mass is 16.4. The van der Waals surface area contributed by atoms with Crippen LogP contribution in [-0.4, -0.2) is 28.9 Å². The lowest BCUT2D eigenvalue weighted by Gasteiger charge is -2.52. The monoisotopic (exact) mass is 368 g/mol. The van der Waals surface area contributed by atoms with Gasteiger partial charge in [-0.3, -0.25) is 14.4 Å². The minimum atomic E-state index is -0.989. The molecule has 27 heavy (non-hydrogen) atoms. The van der Waals surface area contributed by atoms with Crippen molar-refractivity contribution in [2.24, 2.45) is 5.92 Å². The molecule has 0 spiro atoms. The Morgan fingerprint density at radius 3 is 2.63 bits per heavy atom. The summed E-state index contributed by atoms with van der Waals surface area (Å²) in [4.78, 5) is 37.8. The average molecular weight is 368 g/mol. The van der Waals surface area contributed by atoms with Gasteiger partial charge in [-0.1, -0.05) is 36.9 Å². The molecule has 2 N–H and O–H groups in total. The van der Waals surface area contributed by atoms with Gasteiger partial charge in [-0.2, -0.15) is 0 Å². The van der Waals surface area contributed by atoms with Gasteiger partial charge in [0.2, 0.25) is 5.91 Å². The van der Waals surface area contributed by atoms with Gasteiger partial charge in [-0.25, -0.2) is 0 Å². The Hall–Kier alpha value is -2.89. The van der Waals surface area contributed by atoms with E-state index < -0.39 is 5.97 Å². The van der Waals surface area contributed by atoms with Crippen LogP contribution in [0.2, 0.25) is 0 Å². The summed E-state index contributed by atoms with van der Waals surface area (Å²) in [5.41, 5.74) is 2.33. The summed E-state index contributed by atoms with van der Waals surface area (Å²) >= 11 is 0. The first-order valence-corrected chi connectivity index (χ1v) is 9.17. The maximum absolute atomic E-state index is 13.0. The molecule has 1 fully saturated rings. The van der Waals surface area contributed by atoms with E-state index in [4.69, 9.17) is 5.11 Å². The number of hydrogen-bond acceptors (Lipinski definition) is 3. The molecular weight excluding hydrogens is 344 g/mol. The van der Waals surface area contributed by atoms with Crippen LogP contribution in [0, 0.1) is 5.92 Å². The highest BCUT2D eigenvalue weighted by Crippen LogP contribution is 2.50. The lowest BCUT2D eigenvalue weighted by Crippen LogP contribution is -2.58. The number of anilines is 1. The Labute approximate surface area is 158 Å². The van der Waals surface area contributed by atoms with Crippen molar-refractivity contribution in [3.05, 3.63) is 54.1 Å². The summed E-state index contributed by atoms with van der Waals surface area (Å²) in [6.45, 7) is 5.44. The number of allylic oxidation sites excluding steroid dienone is 2. The first kappa shape index (κ1) is 18.9. The van der Waals surface area contributed by atoms with Crippen molar-refractivity contribution in [3.8, 4) is 0 Å². The average Bonchev–Trinajstić information content (AvgIpc) is 2.61. The number of amides is 2. The number of hydrogen-bond donors (Lipinski definition) is 2. The van der Waals surface area contributed by atoms with Gasteiger partial charge in [-0.05, 0) is 31.4 Å². The molecule has 3 unspecified atom stereocenters. The predicted octanol–water partition coefficient (Wildman–Crippen LogP) is 2.97. The summed E-state index contributed by atoms with van der Waals surface area (Å²) in [6.07, 6.45) is 4.87. The number of nitrogens with zero attached hydrogens (tertiary/aromatic N) is 1. The SMILES string of the molecule is C=C/C=C(\C)C(=O)N1c2ccccc2C(NC(=O)CCC(=O)O)C2CCC21. The first-order chi connectivity index (χ1) is 12.9. The van der Waals surface area contributed by atoms with Crippen LogP contribution < -0.4 is 10.2 Å². The quantitative estimate of drug-likeness (QED) is 0.597. The molecule has 3 atom stereocenters. The summed E-state index contributed by atoms with van der Waals surface area (Å²) in [5, 5.41) is 11.8. The second kappa shape index (κ2) is 7.78. The van der Waals surface area contributed by atoms with Crippen LogP contribution in [0.15, 0.2) is 48.6 Å². The van der Waals surface area contributed by atoms with E-state index in [-0.39, 0.29) is 42.7 Å². The second-order valence-electron chi connectivity index (χ2n) is 7.07. The molecule has 1 heterocycles. The Morgan fingerprint density at radius 2 is 2.00 bits per heavy atom. The van der Waals surface area contributed by atoms with E-state index in [1.807, 2.05) is 29.2 Å². The normalized spacial score (nSPS) is 23.5. The van der Waals surface area contributed by atoms with Crippen LogP contribution in [0.3, 0.4) is 0 Å². The zero-order chi connectivity index (χ0) is 19.6. The fourth-order valence-electron chi connectivity index (χ4n) is 3.95. The number of benzene rings is 1. The zero-order valence-corrected chi connectivity index (χ0v) is 15.4. The Balaban J connectivity index is 1.90. The fraction of sp³-hybridized carbons (Fsp3) is 0.381. The van der Waals surface area contributed by atoms with E-state index in [0.29, 0.717) is 5.57 Å². The van der Waals surface area contributed by atoms with Gasteiger partial charge < -0.3 is 15.3 Å². The van der Waals surface area contributed by atoms with Crippen LogP contribution in [0.1, 0.15) is 44.2 Å². The number of nitrogens with one attached hydrogen (secondary N) is 1. The number of aliphatic carboxylic acids is 1. The van der Waals surface area contributed by atoms with Crippen molar-refractivity contribution in [1.82, 2.24) is 5.32 Å². The number of carbonyl (C=O) groups is 3. The number of carbonyl (C=O) groups excluding carboxylic acids is 2. The number of carboxylic acid groups (broad SMARTS) is 1. The van der Waals surface area contributed by atoms with Gasteiger partial charge in [0.15, 0.2) is 0 Å². The van der Waals surface area contributed by atoms with E-state index in [2.05, 4.69) is 11.9 Å². The molecule has 0 saturated heterocycles. The lowest BCUT2D eigenvalue weighted by molar-refractivity contribution is -0.139. The van der Waals surface area contributed by atoms with Gasteiger partial charge in [0.25, 0.3) is 5.91 Å². The minimum Gasteiger partial charge on any atom is -0.481 e. The smallest absolute Gasteiger partial charge is 0.303 e. The molecule has 0 aromatic heterocycles. The van der Waals surface area contributed by atoms with E-state index in [1.54, 1.807) is 19.1 Å². The molecule has 6 nitrogen and oxygen atoms in total. The first-order valence-electron chi connectivity index (χ1n) is 9.17. The van der Waals surface area contributed by atoms with Crippen molar-refractivity contribution in [2.45, 2.75) is 44.7 Å². The van der Waals surface area contributed by atoms with Crippen LogP contribution in [-0.2, 0) is 14.4 Å². The summed E-state index contributed by atoms with van der Waals surface area (Å²) in [6, 6.07) is 7.44. The number of rotatable bonds is 6. The molecule has 2 amide bonds. The van der Waals surface area contributed by atoms with E-state index in [1.165, 1.54) is 0 Å². The molecule has 1 saturated carbocycles. The maximum Gasteiger partial charge on any atom is 0.303 e. The van der Waals surface area contributed by atoms with E-state index >= 15 is 0 Å². The van der Waals surface area contributed by atoms with Crippen LogP contribution in [0.5, 0.6) is 0 Å². The largest absolute Gasteiger partial charge is 0.481 e.